The summed E-state index contributed by atoms with van der Waals surface area (Å²) >= 11 is 0. The third-order valence-corrected chi connectivity index (χ3v) is 6.01. The number of hydrogen-bond donors (Lipinski definition) is 1. The third-order valence-electron chi connectivity index (χ3n) is 6.01. The van der Waals surface area contributed by atoms with Gasteiger partial charge in [-0.15, -0.1) is 0 Å². The molecule has 0 aliphatic carbocycles. The zero-order valence-electron chi connectivity index (χ0n) is 17.0. The molecule has 1 N–H and O–H groups in total. The fraction of sp³-hybridized carbons (Fsp3) is 0.320. The van der Waals surface area contributed by atoms with Gasteiger partial charge in [-0.2, -0.15) is 13.2 Å². The van der Waals surface area contributed by atoms with Crippen molar-refractivity contribution in [1.82, 2.24) is 4.90 Å². The first-order valence-electron chi connectivity index (χ1n) is 10.4. The van der Waals surface area contributed by atoms with Gasteiger partial charge < -0.3 is 5.11 Å². The van der Waals surface area contributed by atoms with Crippen molar-refractivity contribution < 1.29 is 23.1 Å². The number of nitrogens with zero attached hydrogens (tertiary/aromatic N) is 1. The topological polar surface area (TPSA) is 40.5 Å². The van der Waals surface area contributed by atoms with E-state index in [1.54, 1.807) is 0 Å². The van der Waals surface area contributed by atoms with Gasteiger partial charge in [-0.05, 0) is 58.4 Å². The summed E-state index contributed by atoms with van der Waals surface area (Å²) in [5.74, 6) is -0.886. The number of alkyl halides is 3. The minimum atomic E-state index is -4.36. The van der Waals surface area contributed by atoms with Crippen LogP contribution in [0, 0.1) is 5.92 Å². The second-order valence-corrected chi connectivity index (χ2v) is 8.39. The molecule has 31 heavy (non-hydrogen) atoms. The summed E-state index contributed by atoms with van der Waals surface area (Å²) in [5, 5.41) is 11.6. The molecule has 0 bridgehead atoms. The van der Waals surface area contributed by atoms with Crippen molar-refractivity contribution >= 4 is 16.7 Å². The SMILES string of the molecule is O=C(O)C[C@H]1C[C@H](c2ccc(C(F)(F)F)cc2)CN(Cc2ccc3ccccc3c2)C1. The van der Waals surface area contributed by atoms with Crippen molar-refractivity contribution in [2.75, 3.05) is 13.1 Å². The molecule has 0 aromatic heterocycles. The average Bonchev–Trinajstić information content (AvgIpc) is 2.72. The van der Waals surface area contributed by atoms with E-state index < -0.39 is 17.7 Å². The van der Waals surface area contributed by atoms with E-state index in [4.69, 9.17) is 0 Å². The van der Waals surface area contributed by atoms with Crippen molar-refractivity contribution in [3.05, 3.63) is 83.4 Å². The van der Waals surface area contributed by atoms with E-state index in [0.29, 0.717) is 26.1 Å². The Hall–Kier alpha value is -2.86. The predicted molar refractivity (Wildman–Crippen MR) is 114 cm³/mol. The molecule has 2 atom stereocenters. The number of benzene rings is 3. The highest BCUT2D eigenvalue weighted by molar-refractivity contribution is 5.82. The summed E-state index contributed by atoms with van der Waals surface area (Å²) in [7, 11) is 0. The molecule has 4 rings (SSSR count). The smallest absolute Gasteiger partial charge is 0.416 e. The van der Waals surface area contributed by atoms with Crippen LogP contribution < -0.4 is 0 Å². The van der Waals surface area contributed by atoms with Crippen LogP contribution in [0.2, 0.25) is 0 Å². The van der Waals surface area contributed by atoms with Gasteiger partial charge >= 0.3 is 12.1 Å². The van der Waals surface area contributed by atoms with E-state index in [-0.39, 0.29) is 18.3 Å². The van der Waals surface area contributed by atoms with Crippen LogP contribution in [0.3, 0.4) is 0 Å². The van der Waals surface area contributed by atoms with Crippen LogP contribution in [0.5, 0.6) is 0 Å². The Labute approximate surface area is 179 Å². The molecule has 1 aliphatic rings. The second kappa shape index (κ2) is 8.71. The first-order chi connectivity index (χ1) is 14.8. The van der Waals surface area contributed by atoms with Crippen molar-refractivity contribution in [1.29, 1.82) is 0 Å². The quantitative estimate of drug-likeness (QED) is 0.548. The number of aliphatic carboxylic acids is 1. The molecule has 0 saturated carbocycles. The van der Waals surface area contributed by atoms with Gasteiger partial charge in [0.1, 0.15) is 0 Å². The summed E-state index contributed by atoms with van der Waals surface area (Å²) in [4.78, 5) is 13.6. The molecule has 1 saturated heterocycles. The fourth-order valence-electron chi connectivity index (χ4n) is 4.61. The lowest BCUT2D eigenvalue weighted by Crippen LogP contribution is -2.39. The number of hydrogen-bond acceptors (Lipinski definition) is 2. The highest BCUT2D eigenvalue weighted by atomic mass is 19.4. The van der Waals surface area contributed by atoms with Crippen LogP contribution >= 0.6 is 0 Å². The number of carboxylic acids is 1. The molecule has 3 aromatic rings. The van der Waals surface area contributed by atoms with Crippen molar-refractivity contribution in [2.45, 2.75) is 31.5 Å². The lowest BCUT2D eigenvalue weighted by Gasteiger charge is -2.38. The van der Waals surface area contributed by atoms with E-state index in [1.807, 2.05) is 12.1 Å². The van der Waals surface area contributed by atoms with Gasteiger partial charge in [-0.1, -0.05) is 48.5 Å². The molecule has 0 radical (unpaired) electrons. The zero-order chi connectivity index (χ0) is 22.0. The van der Waals surface area contributed by atoms with E-state index in [1.165, 1.54) is 12.1 Å². The van der Waals surface area contributed by atoms with E-state index >= 15 is 0 Å². The Morgan fingerprint density at radius 1 is 0.968 bits per heavy atom. The monoisotopic (exact) mass is 427 g/mol. The van der Waals surface area contributed by atoms with Crippen LogP contribution in [-0.4, -0.2) is 29.1 Å². The number of rotatable bonds is 5. The fourth-order valence-corrected chi connectivity index (χ4v) is 4.61. The number of likely N-dealkylation sites (tertiary alicyclic amines) is 1. The van der Waals surface area contributed by atoms with E-state index in [9.17, 15) is 23.1 Å². The Kier molecular flexibility index (Phi) is 6.01. The maximum atomic E-state index is 12.9. The van der Waals surface area contributed by atoms with Gasteiger partial charge in [-0.25, -0.2) is 0 Å². The first-order valence-corrected chi connectivity index (χ1v) is 10.4. The predicted octanol–water partition coefficient (Wildman–Crippen LogP) is 5.94. The molecule has 6 heteroatoms. The van der Waals surface area contributed by atoms with Gasteiger partial charge in [0, 0.05) is 26.1 Å². The van der Waals surface area contributed by atoms with Gasteiger partial charge in [0.2, 0.25) is 0 Å². The lowest BCUT2D eigenvalue weighted by molar-refractivity contribution is -0.139. The van der Waals surface area contributed by atoms with Crippen molar-refractivity contribution in [2.24, 2.45) is 5.92 Å². The number of carbonyl (C=O) groups is 1. The molecule has 0 unspecified atom stereocenters. The molecule has 3 aromatic carbocycles. The highest BCUT2D eigenvalue weighted by Gasteiger charge is 2.32. The Morgan fingerprint density at radius 2 is 1.68 bits per heavy atom. The molecular weight excluding hydrogens is 403 g/mol. The van der Waals surface area contributed by atoms with Gasteiger partial charge in [0.05, 0.1) is 5.56 Å². The zero-order valence-corrected chi connectivity index (χ0v) is 17.0. The molecule has 1 fully saturated rings. The highest BCUT2D eigenvalue weighted by Crippen LogP contribution is 2.35. The number of carboxylic acid groups (broad SMARTS) is 1. The normalized spacial score (nSPS) is 20.1. The minimum Gasteiger partial charge on any atom is -0.481 e. The maximum Gasteiger partial charge on any atom is 0.416 e. The van der Waals surface area contributed by atoms with Crippen LogP contribution in [0.4, 0.5) is 13.2 Å². The summed E-state index contributed by atoms with van der Waals surface area (Å²) in [6, 6.07) is 19.7. The number of piperidine rings is 1. The van der Waals surface area contributed by atoms with Crippen LogP contribution in [0.15, 0.2) is 66.7 Å². The van der Waals surface area contributed by atoms with Crippen LogP contribution in [-0.2, 0) is 17.5 Å². The number of fused-ring (bicyclic) bond motifs is 1. The number of halogens is 3. The Balaban J connectivity index is 1.54. The molecule has 162 valence electrons. The molecule has 1 aliphatic heterocycles. The molecule has 0 spiro atoms. The van der Waals surface area contributed by atoms with Gasteiger partial charge in [0.15, 0.2) is 0 Å². The Bertz CT molecular complexity index is 1060. The summed E-state index contributed by atoms with van der Waals surface area (Å²) in [5.41, 5.74) is 1.30. The largest absolute Gasteiger partial charge is 0.481 e. The van der Waals surface area contributed by atoms with Gasteiger partial charge in [0.25, 0.3) is 0 Å². The van der Waals surface area contributed by atoms with Crippen LogP contribution in [0.1, 0.15) is 35.4 Å². The molecule has 1 heterocycles. The van der Waals surface area contributed by atoms with Crippen molar-refractivity contribution in [3.8, 4) is 0 Å². The first kappa shape index (κ1) is 21.4. The average molecular weight is 427 g/mol. The van der Waals surface area contributed by atoms with Crippen molar-refractivity contribution in [3.63, 3.8) is 0 Å². The Morgan fingerprint density at radius 3 is 2.35 bits per heavy atom. The summed E-state index contributed by atoms with van der Waals surface area (Å²) in [6.45, 7) is 2.03. The lowest BCUT2D eigenvalue weighted by atomic mass is 9.82. The van der Waals surface area contributed by atoms with E-state index in [2.05, 4.69) is 35.2 Å². The second-order valence-electron chi connectivity index (χ2n) is 8.39. The molecular formula is C25H24F3NO2. The summed E-state index contributed by atoms with van der Waals surface area (Å²) < 4.78 is 38.7. The van der Waals surface area contributed by atoms with Gasteiger partial charge in [-0.3, -0.25) is 9.69 Å². The standard InChI is InChI=1S/C25H24F3NO2/c26-25(27,28)23-9-7-20(8-10-23)22-12-18(13-24(30)31)15-29(16-22)14-17-5-6-19-3-1-2-4-21(19)11-17/h1-11,18,22H,12-16H2,(H,30,31)/t18-,22+/m1/s1. The molecule has 0 amide bonds. The minimum absolute atomic E-state index is 0.000778. The maximum absolute atomic E-state index is 12.9. The van der Waals surface area contributed by atoms with E-state index in [0.717, 1.165) is 34.0 Å². The third kappa shape index (κ3) is 5.25. The molecule has 3 nitrogen and oxygen atoms in total. The van der Waals surface area contributed by atoms with Crippen LogP contribution in [0.25, 0.3) is 10.8 Å². The summed E-state index contributed by atoms with van der Waals surface area (Å²) in [6.07, 6.45) is -3.64.